The maximum Gasteiger partial charge on any atom is 0.272 e. The van der Waals surface area contributed by atoms with Crippen LogP contribution in [-0.2, 0) is 11.2 Å². The molecule has 6 nitrogen and oxygen atoms in total. The van der Waals surface area contributed by atoms with Gasteiger partial charge >= 0.3 is 0 Å². The van der Waals surface area contributed by atoms with E-state index in [-0.39, 0.29) is 11.6 Å². The number of anilines is 1. The van der Waals surface area contributed by atoms with Gasteiger partial charge in [-0.05, 0) is 30.0 Å². The van der Waals surface area contributed by atoms with Crippen LogP contribution < -0.4 is 10.2 Å². The zero-order valence-corrected chi connectivity index (χ0v) is 15.3. The Labute approximate surface area is 163 Å². The molecule has 2 amide bonds. The summed E-state index contributed by atoms with van der Waals surface area (Å²) in [6.45, 7) is 0.625. The number of carbonyl (C=O) groups excluding carboxylic acids is 2. The molecule has 0 radical (unpaired) electrons. The first-order chi connectivity index (χ1) is 13.7. The fourth-order valence-electron chi connectivity index (χ4n) is 3.47. The minimum atomic E-state index is -0.804. The Morgan fingerprint density at radius 1 is 1.00 bits per heavy atom. The number of carbonyl (C=O) groups is 2. The molecular formula is C22H20N4O2. The summed E-state index contributed by atoms with van der Waals surface area (Å²) in [5, 5.41) is 2.84. The third-order valence-electron chi connectivity index (χ3n) is 4.83. The number of nitrogens with one attached hydrogen (secondary N) is 1. The van der Waals surface area contributed by atoms with E-state index in [1.807, 2.05) is 54.6 Å². The first kappa shape index (κ1) is 17.9. The molecule has 28 heavy (non-hydrogen) atoms. The van der Waals surface area contributed by atoms with E-state index >= 15 is 0 Å². The lowest BCUT2D eigenvalue weighted by Crippen LogP contribution is -2.45. The van der Waals surface area contributed by atoms with Crippen LogP contribution in [-0.4, -0.2) is 28.3 Å². The van der Waals surface area contributed by atoms with Crippen LogP contribution in [0.4, 0.5) is 5.69 Å². The SMILES string of the molecule is O=C(N[C@@H](C(=O)N1CCCc2ccccc21)c1ccccc1)c1cnccn1. The van der Waals surface area contributed by atoms with E-state index in [0.29, 0.717) is 6.54 Å². The molecule has 1 N–H and O–H groups in total. The largest absolute Gasteiger partial charge is 0.335 e. The molecule has 0 unspecified atom stereocenters. The van der Waals surface area contributed by atoms with Crippen molar-refractivity contribution >= 4 is 17.5 Å². The average molecular weight is 372 g/mol. The molecule has 6 heteroatoms. The van der Waals surface area contributed by atoms with E-state index in [4.69, 9.17) is 0 Å². The fraction of sp³-hybridized carbons (Fsp3) is 0.182. The molecule has 4 rings (SSSR count). The van der Waals surface area contributed by atoms with Crippen molar-refractivity contribution in [2.75, 3.05) is 11.4 Å². The van der Waals surface area contributed by atoms with Crippen molar-refractivity contribution in [2.45, 2.75) is 18.9 Å². The van der Waals surface area contributed by atoms with Crippen LogP contribution in [0.3, 0.4) is 0 Å². The molecule has 2 aromatic carbocycles. The summed E-state index contributed by atoms with van der Waals surface area (Å²) < 4.78 is 0. The number of para-hydroxylation sites is 1. The molecule has 1 aliphatic heterocycles. The van der Waals surface area contributed by atoms with E-state index in [9.17, 15) is 9.59 Å². The minimum Gasteiger partial charge on any atom is -0.335 e. The van der Waals surface area contributed by atoms with Gasteiger partial charge in [0.1, 0.15) is 11.7 Å². The van der Waals surface area contributed by atoms with Gasteiger partial charge in [-0.15, -0.1) is 0 Å². The lowest BCUT2D eigenvalue weighted by atomic mass is 9.99. The van der Waals surface area contributed by atoms with Crippen LogP contribution >= 0.6 is 0 Å². The Bertz CT molecular complexity index is 976. The van der Waals surface area contributed by atoms with Gasteiger partial charge in [-0.2, -0.15) is 0 Å². The second kappa shape index (κ2) is 8.00. The van der Waals surface area contributed by atoms with Crippen LogP contribution in [0.1, 0.15) is 34.1 Å². The van der Waals surface area contributed by atoms with Crippen molar-refractivity contribution < 1.29 is 9.59 Å². The summed E-state index contributed by atoms with van der Waals surface area (Å²) in [5.41, 5.74) is 2.96. The average Bonchev–Trinajstić information content (AvgIpc) is 2.77. The standard InChI is InChI=1S/C22H20N4O2/c27-21(18-15-23-12-13-24-18)25-20(17-8-2-1-3-9-17)22(28)26-14-6-10-16-7-4-5-11-19(16)26/h1-5,7-9,11-13,15,20H,6,10,14H2,(H,25,27)/t20-/m1/s1. The van der Waals surface area contributed by atoms with Crippen LogP contribution in [0.15, 0.2) is 73.2 Å². The second-order valence-corrected chi connectivity index (χ2v) is 6.63. The third-order valence-corrected chi connectivity index (χ3v) is 4.83. The minimum absolute atomic E-state index is 0.157. The molecule has 0 aliphatic carbocycles. The number of hydrogen-bond acceptors (Lipinski definition) is 4. The smallest absolute Gasteiger partial charge is 0.272 e. The van der Waals surface area contributed by atoms with Crippen LogP contribution in [0.5, 0.6) is 0 Å². The molecule has 140 valence electrons. The van der Waals surface area contributed by atoms with Gasteiger partial charge in [-0.1, -0.05) is 48.5 Å². The summed E-state index contributed by atoms with van der Waals surface area (Å²) in [5.74, 6) is -0.587. The van der Waals surface area contributed by atoms with Crippen molar-refractivity contribution in [2.24, 2.45) is 0 Å². The van der Waals surface area contributed by atoms with E-state index in [2.05, 4.69) is 15.3 Å². The van der Waals surface area contributed by atoms with Crippen molar-refractivity contribution in [3.05, 3.63) is 90.0 Å². The number of amides is 2. The highest BCUT2D eigenvalue weighted by Gasteiger charge is 2.31. The summed E-state index contributed by atoms with van der Waals surface area (Å²) in [6.07, 6.45) is 6.18. The quantitative estimate of drug-likeness (QED) is 0.764. The van der Waals surface area contributed by atoms with Crippen molar-refractivity contribution in [3.63, 3.8) is 0 Å². The van der Waals surface area contributed by atoms with Gasteiger partial charge in [-0.3, -0.25) is 14.6 Å². The first-order valence-electron chi connectivity index (χ1n) is 9.25. The zero-order chi connectivity index (χ0) is 19.3. The first-order valence-corrected chi connectivity index (χ1v) is 9.25. The molecule has 0 spiro atoms. The second-order valence-electron chi connectivity index (χ2n) is 6.63. The maximum absolute atomic E-state index is 13.5. The highest BCUT2D eigenvalue weighted by atomic mass is 16.2. The van der Waals surface area contributed by atoms with E-state index < -0.39 is 11.9 Å². The predicted octanol–water partition coefficient (Wildman–Crippen LogP) is 2.93. The molecular weight excluding hydrogens is 352 g/mol. The summed E-state index contributed by atoms with van der Waals surface area (Å²) >= 11 is 0. The molecule has 0 fully saturated rings. The number of hydrogen-bond donors (Lipinski definition) is 1. The number of fused-ring (bicyclic) bond motifs is 1. The van der Waals surface area contributed by atoms with Crippen LogP contribution in [0.2, 0.25) is 0 Å². The maximum atomic E-state index is 13.5. The zero-order valence-electron chi connectivity index (χ0n) is 15.3. The van der Waals surface area contributed by atoms with Crippen molar-refractivity contribution in [3.8, 4) is 0 Å². The lowest BCUT2D eigenvalue weighted by Gasteiger charge is -2.32. The van der Waals surface area contributed by atoms with E-state index in [1.54, 1.807) is 4.90 Å². The predicted molar refractivity (Wildman–Crippen MR) is 106 cm³/mol. The highest BCUT2D eigenvalue weighted by Crippen LogP contribution is 2.29. The Morgan fingerprint density at radius 3 is 2.57 bits per heavy atom. The Morgan fingerprint density at radius 2 is 1.79 bits per heavy atom. The topological polar surface area (TPSA) is 75.2 Å². The lowest BCUT2D eigenvalue weighted by molar-refractivity contribution is -0.120. The molecule has 1 aliphatic rings. The van der Waals surface area contributed by atoms with Gasteiger partial charge in [-0.25, -0.2) is 4.98 Å². The molecule has 0 bridgehead atoms. The highest BCUT2D eigenvalue weighted by molar-refractivity contribution is 6.02. The third kappa shape index (κ3) is 3.62. The fourth-order valence-corrected chi connectivity index (χ4v) is 3.47. The van der Waals surface area contributed by atoms with Gasteiger partial charge in [0.25, 0.3) is 11.8 Å². The monoisotopic (exact) mass is 372 g/mol. The van der Waals surface area contributed by atoms with Gasteiger partial charge in [0.05, 0.1) is 6.20 Å². The number of nitrogens with zero attached hydrogens (tertiary/aromatic N) is 3. The van der Waals surface area contributed by atoms with Gasteiger partial charge in [0.15, 0.2) is 0 Å². The molecule has 3 aromatic rings. The summed E-state index contributed by atoms with van der Waals surface area (Å²) in [4.78, 5) is 35.9. The number of benzene rings is 2. The van der Waals surface area contributed by atoms with Crippen molar-refractivity contribution in [1.82, 2.24) is 15.3 Å². The molecule has 0 saturated carbocycles. The van der Waals surface area contributed by atoms with E-state index in [0.717, 1.165) is 29.7 Å². The van der Waals surface area contributed by atoms with Crippen LogP contribution in [0, 0.1) is 0 Å². The Balaban J connectivity index is 1.66. The normalized spacial score (nSPS) is 14.1. The number of aryl methyl sites for hydroxylation is 1. The van der Waals surface area contributed by atoms with Gasteiger partial charge in [0, 0.05) is 24.6 Å². The Kier molecular flexibility index (Phi) is 5.10. The van der Waals surface area contributed by atoms with Crippen LogP contribution in [0.25, 0.3) is 0 Å². The summed E-state index contributed by atoms with van der Waals surface area (Å²) in [6, 6.07) is 16.4. The molecule has 1 atom stereocenters. The molecule has 2 heterocycles. The van der Waals surface area contributed by atoms with Gasteiger partial charge in [0.2, 0.25) is 0 Å². The van der Waals surface area contributed by atoms with Gasteiger partial charge < -0.3 is 10.2 Å². The summed E-state index contributed by atoms with van der Waals surface area (Å²) in [7, 11) is 0. The molecule has 1 aromatic heterocycles. The Hall–Kier alpha value is -3.54. The number of aromatic nitrogens is 2. The number of rotatable bonds is 4. The van der Waals surface area contributed by atoms with Crippen molar-refractivity contribution in [1.29, 1.82) is 0 Å². The molecule has 0 saturated heterocycles. The van der Waals surface area contributed by atoms with E-state index in [1.165, 1.54) is 18.6 Å².